The Morgan fingerprint density at radius 2 is 1.92 bits per heavy atom. The van der Waals surface area contributed by atoms with Crippen molar-refractivity contribution in [3.05, 3.63) is 60.2 Å². The summed E-state index contributed by atoms with van der Waals surface area (Å²) < 4.78 is 44.6. The van der Waals surface area contributed by atoms with Gasteiger partial charge in [-0.2, -0.15) is 13.2 Å². The molecule has 2 heterocycles. The van der Waals surface area contributed by atoms with E-state index in [1.807, 2.05) is 12.1 Å². The second kappa shape index (κ2) is 6.80. The number of ether oxygens (including phenoxy) is 1. The number of benzene rings is 1. The summed E-state index contributed by atoms with van der Waals surface area (Å²) in [5.41, 5.74) is 0.740. The van der Waals surface area contributed by atoms with Crippen LogP contribution >= 0.6 is 0 Å². The number of rotatable bonds is 5. The van der Waals surface area contributed by atoms with Gasteiger partial charge in [-0.1, -0.05) is 5.21 Å². The lowest BCUT2D eigenvalue weighted by Gasteiger charge is -2.08. The highest BCUT2D eigenvalue weighted by Crippen LogP contribution is 2.28. The van der Waals surface area contributed by atoms with E-state index in [2.05, 4.69) is 20.6 Å². The Bertz CT molecular complexity index is 845. The zero-order valence-corrected chi connectivity index (χ0v) is 13.2. The van der Waals surface area contributed by atoms with Crippen molar-refractivity contribution in [2.75, 3.05) is 12.4 Å². The fourth-order valence-electron chi connectivity index (χ4n) is 2.13. The van der Waals surface area contributed by atoms with Gasteiger partial charge in [-0.05, 0) is 36.4 Å². The quantitative estimate of drug-likeness (QED) is 0.766. The van der Waals surface area contributed by atoms with Crippen molar-refractivity contribution >= 4 is 5.69 Å². The van der Waals surface area contributed by atoms with E-state index in [-0.39, 0.29) is 6.54 Å². The maximum absolute atomic E-state index is 12.7. The van der Waals surface area contributed by atoms with Gasteiger partial charge >= 0.3 is 6.18 Å². The van der Waals surface area contributed by atoms with Crippen molar-refractivity contribution in [1.29, 1.82) is 0 Å². The lowest BCUT2D eigenvalue weighted by molar-refractivity contribution is -0.141. The van der Waals surface area contributed by atoms with E-state index in [9.17, 15) is 13.2 Å². The standard InChI is InChI=1S/C16H14F3N5O/c1-25-14-4-2-13(3-5-14)24-10-12(22-23-24)9-21-11-6-7-20-15(8-11)16(17,18)19/h2-8,10H,9H2,1H3,(H,20,21). The van der Waals surface area contributed by atoms with Crippen molar-refractivity contribution in [2.45, 2.75) is 12.7 Å². The van der Waals surface area contributed by atoms with Gasteiger partial charge in [-0.3, -0.25) is 4.98 Å². The predicted molar refractivity (Wildman–Crippen MR) is 84.5 cm³/mol. The van der Waals surface area contributed by atoms with Crippen molar-refractivity contribution in [1.82, 2.24) is 20.0 Å². The minimum Gasteiger partial charge on any atom is -0.497 e. The molecule has 0 unspecified atom stereocenters. The molecule has 0 aliphatic heterocycles. The van der Waals surface area contributed by atoms with Gasteiger partial charge < -0.3 is 10.1 Å². The van der Waals surface area contributed by atoms with Crippen molar-refractivity contribution in [3.63, 3.8) is 0 Å². The lowest BCUT2D eigenvalue weighted by atomic mass is 10.3. The van der Waals surface area contributed by atoms with E-state index >= 15 is 0 Å². The van der Waals surface area contributed by atoms with Gasteiger partial charge in [0.15, 0.2) is 0 Å². The summed E-state index contributed by atoms with van der Waals surface area (Å²) in [6.07, 6.45) is -1.67. The lowest BCUT2D eigenvalue weighted by Crippen LogP contribution is -2.09. The van der Waals surface area contributed by atoms with Crippen molar-refractivity contribution in [3.8, 4) is 11.4 Å². The van der Waals surface area contributed by atoms with Crippen LogP contribution < -0.4 is 10.1 Å². The first-order valence-electron chi connectivity index (χ1n) is 7.28. The van der Waals surface area contributed by atoms with E-state index in [4.69, 9.17) is 4.74 Å². The molecule has 25 heavy (non-hydrogen) atoms. The van der Waals surface area contributed by atoms with Crippen LogP contribution in [0.4, 0.5) is 18.9 Å². The van der Waals surface area contributed by atoms with Crippen molar-refractivity contribution < 1.29 is 17.9 Å². The number of alkyl halides is 3. The molecule has 3 aromatic rings. The van der Waals surface area contributed by atoms with Crippen LogP contribution in [0.2, 0.25) is 0 Å². The SMILES string of the molecule is COc1ccc(-n2cc(CNc3ccnc(C(F)(F)F)c3)nn2)cc1. The van der Waals surface area contributed by atoms with Crippen LogP contribution in [0.1, 0.15) is 11.4 Å². The molecule has 9 heteroatoms. The second-order valence-electron chi connectivity index (χ2n) is 5.13. The predicted octanol–water partition coefficient (Wildman–Crippen LogP) is 3.30. The van der Waals surface area contributed by atoms with Crippen LogP contribution in [0.15, 0.2) is 48.8 Å². The molecule has 1 N–H and O–H groups in total. The number of aromatic nitrogens is 4. The summed E-state index contributed by atoms with van der Waals surface area (Å²) in [6.45, 7) is 0.234. The molecule has 6 nitrogen and oxygen atoms in total. The summed E-state index contributed by atoms with van der Waals surface area (Å²) in [7, 11) is 1.58. The van der Waals surface area contributed by atoms with Gasteiger partial charge in [0.1, 0.15) is 17.1 Å². The first kappa shape index (κ1) is 16.7. The molecule has 3 rings (SSSR count). The van der Waals surface area contributed by atoms with Crippen LogP contribution in [0.25, 0.3) is 5.69 Å². The summed E-state index contributed by atoms with van der Waals surface area (Å²) in [5.74, 6) is 0.726. The first-order chi connectivity index (χ1) is 12.0. The molecule has 0 amide bonds. The average Bonchev–Trinajstić information content (AvgIpc) is 3.08. The molecule has 0 fully saturated rings. The molecule has 2 aromatic heterocycles. The fourth-order valence-corrected chi connectivity index (χ4v) is 2.13. The molecule has 0 bridgehead atoms. The molecular formula is C16H14F3N5O. The second-order valence-corrected chi connectivity index (χ2v) is 5.13. The van der Waals surface area contributed by atoms with Crippen molar-refractivity contribution in [2.24, 2.45) is 0 Å². The number of hydrogen-bond donors (Lipinski definition) is 1. The zero-order valence-electron chi connectivity index (χ0n) is 13.2. The van der Waals surface area contributed by atoms with Gasteiger partial charge in [0, 0.05) is 11.9 Å². The zero-order chi connectivity index (χ0) is 17.9. The van der Waals surface area contributed by atoms with E-state index in [1.165, 1.54) is 6.07 Å². The van der Waals surface area contributed by atoms with Crippen LogP contribution in [-0.2, 0) is 12.7 Å². The van der Waals surface area contributed by atoms with Crippen LogP contribution in [-0.4, -0.2) is 27.1 Å². The molecule has 1 aromatic carbocycles. The molecule has 0 saturated heterocycles. The Hall–Kier alpha value is -3.10. The topological polar surface area (TPSA) is 64.9 Å². The van der Waals surface area contributed by atoms with Gasteiger partial charge in [-0.25, -0.2) is 4.68 Å². The molecule has 130 valence electrons. The summed E-state index contributed by atoms with van der Waals surface area (Å²) in [5, 5.41) is 10.9. The van der Waals surface area contributed by atoms with Crippen LogP contribution in [0, 0.1) is 0 Å². The highest BCUT2D eigenvalue weighted by Gasteiger charge is 2.32. The maximum Gasteiger partial charge on any atom is 0.433 e. The number of hydrogen-bond acceptors (Lipinski definition) is 5. The highest BCUT2D eigenvalue weighted by molar-refractivity contribution is 5.44. The number of anilines is 1. The van der Waals surface area contributed by atoms with Gasteiger partial charge in [0.2, 0.25) is 0 Å². The van der Waals surface area contributed by atoms with Crippen LogP contribution in [0.5, 0.6) is 5.75 Å². The molecule has 0 aliphatic rings. The van der Waals surface area contributed by atoms with E-state index < -0.39 is 11.9 Å². The third kappa shape index (κ3) is 4.06. The smallest absolute Gasteiger partial charge is 0.433 e. The number of nitrogens with zero attached hydrogens (tertiary/aromatic N) is 4. The highest BCUT2D eigenvalue weighted by atomic mass is 19.4. The first-order valence-corrected chi connectivity index (χ1v) is 7.28. The monoisotopic (exact) mass is 349 g/mol. The minimum atomic E-state index is -4.48. The largest absolute Gasteiger partial charge is 0.497 e. The molecule has 0 atom stereocenters. The number of pyridine rings is 1. The molecule has 0 radical (unpaired) electrons. The van der Waals surface area contributed by atoms with E-state index in [0.29, 0.717) is 11.4 Å². The Balaban J connectivity index is 1.67. The van der Waals surface area contributed by atoms with Gasteiger partial charge in [0.05, 0.1) is 25.5 Å². The third-order valence-corrected chi connectivity index (χ3v) is 3.40. The molecular weight excluding hydrogens is 335 g/mol. The van der Waals surface area contributed by atoms with Crippen LogP contribution in [0.3, 0.4) is 0 Å². The number of nitrogens with one attached hydrogen (secondary N) is 1. The maximum atomic E-state index is 12.7. The molecule has 0 saturated carbocycles. The van der Waals surface area contributed by atoms with E-state index in [0.717, 1.165) is 23.7 Å². The third-order valence-electron chi connectivity index (χ3n) is 3.40. The van der Waals surface area contributed by atoms with Gasteiger partial charge in [0.25, 0.3) is 0 Å². The Morgan fingerprint density at radius 1 is 1.16 bits per heavy atom. The minimum absolute atomic E-state index is 0.234. The molecule has 0 aliphatic carbocycles. The normalized spacial score (nSPS) is 11.4. The van der Waals surface area contributed by atoms with Gasteiger partial charge in [-0.15, -0.1) is 5.10 Å². The number of methoxy groups -OCH3 is 1. The Labute approximate surface area is 141 Å². The fraction of sp³-hybridized carbons (Fsp3) is 0.188. The van der Waals surface area contributed by atoms with E-state index in [1.54, 1.807) is 30.1 Å². The average molecular weight is 349 g/mol. The Kier molecular flexibility index (Phi) is 4.55. The number of halogens is 3. The Morgan fingerprint density at radius 3 is 2.60 bits per heavy atom. The summed E-state index contributed by atoms with van der Waals surface area (Å²) in [6, 6.07) is 9.65. The summed E-state index contributed by atoms with van der Waals surface area (Å²) >= 11 is 0. The summed E-state index contributed by atoms with van der Waals surface area (Å²) in [4.78, 5) is 3.32. The molecule has 0 spiro atoms.